The number of benzene rings is 2. The largest absolute Gasteiger partial charge is 0.492 e. The Morgan fingerprint density at radius 1 is 1.19 bits per heavy atom. The molecule has 6 heteroatoms. The zero-order valence-electron chi connectivity index (χ0n) is 21.9. The summed E-state index contributed by atoms with van der Waals surface area (Å²) in [6.07, 6.45) is 9.44. The molecule has 1 fully saturated rings. The highest BCUT2D eigenvalue weighted by Gasteiger charge is 2.30. The third kappa shape index (κ3) is 5.79. The number of terminal acetylenes is 1. The average Bonchev–Trinajstić information content (AvgIpc) is 2.88. The van der Waals surface area contributed by atoms with Gasteiger partial charge in [-0.2, -0.15) is 0 Å². The van der Waals surface area contributed by atoms with Gasteiger partial charge in [0.05, 0.1) is 23.2 Å². The maximum absolute atomic E-state index is 5.96. The molecular formula is C30H35N5O. The van der Waals surface area contributed by atoms with Gasteiger partial charge in [-0.05, 0) is 85.1 Å². The van der Waals surface area contributed by atoms with Gasteiger partial charge in [0.15, 0.2) is 0 Å². The molecule has 2 aromatic carbocycles. The van der Waals surface area contributed by atoms with Crippen molar-refractivity contribution < 1.29 is 4.74 Å². The fourth-order valence-electron chi connectivity index (χ4n) is 4.53. The van der Waals surface area contributed by atoms with Crippen molar-refractivity contribution in [3.8, 4) is 29.9 Å². The minimum atomic E-state index is -0.289. The lowest BCUT2D eigenvalue weighted by Gasteiger charge is -2.41. The van der Waals surface area contributed by atoms with Crippen LogP contribution in [0.25, 0.3) is 10.9 Å². The number of ether oxygens (including phenoxy) is 1. The Kier molecular flexibility index (Phi) is 7.79. The van der Waals surface area contributed by atoms with E-state index in [4.69, 9.17) is 11.2 Å². The smallest absolute Gasteiger partial charge is 0.141 e. The molecule has 0 amide bonds. The number of fused-ring (bicyclic) bond motifs is 1. The zero-order chi connectivity index (χ0) is 25.7. The normalized spacial score (nSPS) is 14.8. The minimum Gasteiger partial charge on any atom is -0.492 e. The van der Waals surface area contributed by atoms with Gasteiger partial charge in [-0.3, -0.25) is 4.90 Å². The first-order chi connectivity index (χ1) is 17.3. The maximum atomic E-state index is 5.96. The summed E-state index contributed by atoms with van der Waals surface area (Å²) in [6, 6.07) is 12.2. The number of anilines is 2. The molecule has 4 rings (SSSR count). The van der Waals surface area contributed by atoms with Gasteiger partial charge < -0.3 is 15.0 Å². The Morgan fingerprint density at radius 2 is 1.97 bits per heavy atom. The van der Waals surface area contributed by atoms with E-state index < -0.39 is 0 Å². The van der Waals surface area contributed by atoms with Crippen LogP contribution in [-0.4, -0.2) is 65.1 Å². The van der Waals surface area contributed by atoms with Gasteiger partial charge in [-0.15, -0.1) is 6.42 Å². The summed E-state index contributed by atoms with van der Waals surface area (Å²) in [7, 11) is 4.38. The van der Waals surface area contributed by atoms with Gasteiger partial charge in [0.1, 0.15) is 17.9 Å². The van der Waals surface area contributed by atoms with Gasteiger partial charge in [-0.1, -0.05) is 23.8 Å². The van der Waals surface area contributed by atoms with Crippen molar-refractivity contribution in [1.82, 2.24) is 19.8 Å². The van der Waals surface area contributed by atoms with Gasteiger partial charge in [0, 0.05) is 28.7 Å². The summed E-state index contributed by atoms with van der Waals surface area (Å²) < 4.78 is 5.96. The van der Waals surface area contributed by atoms with Crippen LogP contribution in [0.4, 0.5) is 11.5 Å². The summed E-state index contributed by atoms with van der Waals surface area (Å²) in [5, 5.41) is 4.26. The number of nitrogens with zero attached hydrogens (tertiary/aromatic N) is 4. The maximum Gasteiger partial charge on any atom is 0.141 e. The molecule has 0 spiro atoms. The molecule has 6 nitrogen and oxygen atoms in total. The lowest BCUT2D eigenvalue weighted by molar-refractivity contribution is 0.0912. The van der Waals surface area contributed by atoms with E-state index in [0.29, 0.717) is 18.5 Å². The molecule has 1 saturated heterocycles. The van der Waals surface area contributed by atoms with Crippen molar-refractivity contribution >= 4 is 22.4 Å². The summed E-state index contributed by atoms with van der Waals surface area (Å²) in [6.45, 7) is 9.15. The highest BCUT2D eigenvalue weighted by atomic mass is 16.5. The Labute approximate surface area is 215 Å². The van der Waals surface area contributed by atoms with E-state index in [-0.39, 0.29) is 5.54 Å². The van der Waals surface area contributed by atoms with Crippen LogP contribution in [0.15, 0.2) is 42.7 Å². The van der Waals surface area contributed by atoms with Crippen molar-refractivity contribution in [3.05, 3.63) is 53.9 Å². The number of piperidine rings is 1. The summed E-state index contributed by atoms with van der Waals surface area (Å²) in [5.74, 6) is 11.1. The average molecular weight is 482 g/mol. The van der Waals surface area contributed by atoms with Crippen LogP contribution in [-0.2, 0) is 0 Å². The third-order valence-electron chi connectivity index (χ3n) is 6.95. The number of hydrogen-bond donors (Lipinski definition) is 1. The second kappa shape index (κ2) is 11.0. The second-order valence-electron chi connectivity index (χ2n) is 9.83. The summed E-state index contributed by atoms with van der Waals surface area (Å²) in [4.78, 5) is 13.8. The van der Waals surface area contributed by atoms with E-state index in [0.717, 1.165) is 59.4 Å². The van der Waals surface area contributed by atoms with E-state index >= 15 is 0 Å². The number of nitrogens with one attached hydrogen (secondary N) is 1. The van der Waals surface area contributed by atoms with Gasteiger partial charge in [0.2, 0.25) is 0 Å². The van der Waals surface area contributed by atoms with Crippen molar-refractivity contribution in [2.75, 3.05) is 39.1 Å². The molecule has 0 atom stereocenters. The Hall–Kier alpha value is -3.58. The van der Waals surface area contributed by atoms with Crippen molar-refractivity contribution in [2.45, 2.75) is 45.2 Å². The Balaban J connectivity index is 1.69. The molecule has 1 aliphatic rings. The van der Waals surface area contributed by atoms with Gasteiger partial charge in [-0.25, -0.2) is 9.97 Å². The Bertz CT molecular complexity index is 1320. The molecule has 1 N–H and O–H groups in total. The molecule has 1 aromatic heterocycles. The molecule has 0 bridgehead atoms. The first-order valence-electron chi connectivity index (χ1n) is 12.5. The number of likely N-dealkylation sites (tertiary alicyclic amines) is 1. The molecule has 3 aromatic rings. The lowest BCUT2D eigenvalue weighted by Crippen LogP contribution is -2.50. The third-order valence-corrected chi connectivity index (χ3v) is 6.95. The second-order valence-corrected chi connectivity index (χ2v) is 9.83. The van der Waals surface area contributed by atoms with Gasteiger partial charge >= 0.3 is 0 Å². The highest BCUT2D eigenvalue weighted by Crippen LogP contribution is 2.30. The van der Waals surface area contributed by atoms with E-state index in [1.54, 1.807) is 6.33 Å². The Morgan fingerprint density at radius 3 is 2.69 bits per heavy atom. The van der Waals surface area contributed by atoms with E-state index in [1.165, 1.54) is 0 Å². The molecule has 0 saturated carbocycles. The zero-order valence-corrected chi connectivity index (χ0v) is 21.9. The first-order valence-corrected chi connectivity index (χ1v) is 12.5. The molecule has 2 heterocycles. The predicted molar refractivity (Wildman–Crippen MR) is 148 cm³/mol. The molecule has 36 heavy (non-hydrogen) atoms. The summed E-state index contributed by atoms with van der Waals surface area (Å²) >= 11 is 0. The SMILES string of the molecule is C#Cc1cccc(Nc2ncnc3cc(OCC)c(C#CC(C)(C)N(C)C4CCN(C)CC4)cc23)c1. The van der Waals surface area contributed by atoms with Crippen LogP contribution in [0.2, 0.25) is 0 Å². The van der Waals surface area contributed by atoms with Crippen LogP contribution >= 0.6 is 0 Å². The van der Waals surface area contributed by atoms with Crippen molar-refractivity contribution in [3.63, 3.8) is 0 Å². The molecular weight excluding hydrogens is 446 g/mol. The number of aromatic nitrogens is 2. The predicted octanol–water partition coefficient (Wildman–Crippen LogP) is 4.91. The fraction of sp³-hybridized carbons (Fsp3) is 0.400. The summed E-state index contributed by atoms with van der Waals surface area (Å²) in [5.41, 5.74) is 3.00. The molecule has 0 aliphatic carbocycles. The monoisotopic (exact) mass is 481 g/mol. The minimum absolute atomic E-state index is 0.289. The van der Waals surface area contributed by atoms with E-state index in [1.807, 2.05) is 43.3 Å². The van der Waals surface area contributed by atoms with Crippen molar-refractivity contribution in [1.29, 1.82) is 0 Å². The quantitative estimate of drug-likeness (QED) is 0.505. The van der Waals surface area contributed by atoms with Crippen LogP contribution in [0, 0.1) is 24.2 Å². The van der Waals surface area contributed by atoms with Gasteiger partial charge in [0.25, 0.3) is 0 Å². The van der Waals surface area contributed by atoms with Crippen LogP contribution in [0.5, 0.6) is 5.75 Å². The molecule has 0 radical (unpaired) electrons. The number of rotatable bonds is 6. The van der Waals surface area contributed by atoms with Crippen LogP contribution in [0.3, 0.4) is 0 Å². The first kappa shape index (κ1) is 25.5. The van der Waals surface area contributed by atoms with Crippen molar-refractivity contribution in [2.24, 2.45) is 0 Å². The van der Waals surface area contributed by atoms with E-state index in [9.17, 15) is 0 Å². The highest BCUT2D eigenvalue weighted by molar-refractivity contribution is 5.93. The van der Waals surface area contributed by atoms with E-state index in [2.05, 4.69) is 70.8 Å². The number of hydrogen-bond acceptors (Lipinski definition) is 6. The lowest BCUT2D eigenvalue weighted by atomic mass is 9.96. The molecule has 1 aliphatic heterocycles. The molecule has 0 unspecified atom stereocenters. The molecule has 186 valence electrons. The van der Waals surface area contributed by atoms with Crippen LogP contribution in [0.1, 0.15) is 44.7 Å². The topological polar surface area (TPSA) is 53.5 Å². The van der Waals surface area contributed by atoms with Crippen LogP contribution < -0.4 is 10.1 Å². The fourth-order valence-corrected chi connectivity index (χ4v) is 4.53. The standard InChI is InChI=1S/C30H35N5O/c1-7-22-10-9-11-24(18-22)33-29-26-19-23(28(36-8-2)20-27(26)31-21-32-29)12-15-30(3,4)35(6)25-13-16-34(5)17-14-25/h1,9-11,18-21,25H,8,13-14,16-17H2,2-6H3,(H,31,32,33).